The van der Waals surface area contributed by atoms with Crippen LogP contribution in [0.3, 0.4) is 0 Å². The zero-order valence-electron chi connectivity index (χ0n) is 18.7. The summed E-state index contributed by atoms with van der Waals surface area (Å²) in [6.45, 7) is 5.54. The third-order valence-electron chi connectivity index (χ3n) is 5.76. The number of amides is 1. The fourth-order valence-electron chi connectivity index (χ4n) is 3.57. The van der Waals surface area contributed by atoms with Crippen LogP contribution in [0.25, 0.3) is 0 Å². The van der Waals surface area contributed by atoms with Crippen molar-refractivity contribution in [2.24, 2.45) is 5.92 Å². The van der Waals surface area contributed by atoms with Crippen molar-refractivity contribution in [2.75, 3.05) is 25.0 Å². The van der Waals surface area contributed by atoms with Gasteiger partial charge in [-0.3, -0.25) is 4.79 Å². The number of benzene rings is 2. The number of carbonyl (C=O) groups is 2. The van der Waals surface area contributed by atoms with E-state index in [1.807, 2.05) is 0 Å². The predicted molar refractivity (Wildman–Crippen MR) is 118 cm³/mol. The normalized spacial score (nSPS) is 15.3. The number of sulfonamides is 1. The van der Waals surface area contributed by atoms with E-state index in [0.29, 0.717) is 36.2 Å². The molecular formula is C23H26F2N2O5S. The maximum absolute atomic E-state index is 13.7. The number of anilines is 1. The van der Waals surface area contributed by atoms with Gasteiger partial charge in [0.05, 0.1) is 16.1 Å². The summed E-state index contributed by atoms with van der Waals surface area (Å²) in [6, 6.07) is 5.39. The Hall–Kier alpha value is -2.85. The lowest BCUT2D eigenvalue weighted by atomic mass is 10.0. The second kappa shape index (κ2) is 9.96. The third kappa shape index (κ3) is 5.75. The maximum atomic E-state index is 13.7. The number of nitrogens with one attached hydrogen (secondary N) is 1. The van der Waals surface area contributed by atoms with E-state index in [2.05, 4.69) is 12.2 Å². The SMILES string of the molecule is Cc1cc(C(=O)OCC(=O)Nc2ccc(F)cc2F)cc(S(=O)(=O)N2CCC(C)CC2)c1C. The fraction of sp³-hybridized carbons (Fsp3) is 0.391. The molecule has 178 valence electrons. The Balaban J connectivity index is 1.73. The topological polar surface area (TPSA) is 92.8 Å². The molecule has 0 unspecified atom stereocenters. The maximum Gasteiger partial charge on any atom is 0.338 e. The zero-order chi connectivity index (χ0) is 24.3. The van der Waals surface area contributed by atoms with E-state index in [-0.39, 0.29) is 16.1 Å². The van der Waals surface area contributed by atoms with Gasteiger partial charge in [0.25, 0.3) is 5.91 Å². The largest absolute Gasteiger partial charge is 0.452 e. The molecule has 0 saturated carbocycles. The number of hydrogen-bond acceptors (Lipinski definition) is 5. The Morgan fingerprint density at radius 1 is 1.12 bits per heavy atom. The minimum atomic E-state index is -3.80. The fourth-order valence-corrected chi connectivity index (χ4v) is 5.36. The van der Waals surface area contributed by atoms with Gasteiger partial charge in [0.2, 0.25) is 10.0 Å². The summed E-state index contributed by atoms with van der Waals surface area (Å²) in [5, 5.41) is 2.19. The van der Waals surface area contributed by atoms with Gasteiger partial charge in [0, 0.05) is 19.2 Å². The van der Waals surface area contributed by atoms with E-state index in [4.69, 9.17) is 4.74 Å². The molecule has 0 aliphatic carbocycles. The monoisotopic (exact) mass is 480 g/mol. The van der Waals surface area contributed by atoms with Crippen LogP contribution in [-0.2, 0) is 19.6 Å². The molecule has 1 N–H and O–H groups in total. The number of carbonyl (C=O) groups excluding carboxylic acids is 2. The highest BCUT2D eigenvalue weighted by atomic mass is 32.2. The molecule has 1 amide bonds. The highest BCUT2D eigenvalue weighted by molar-refractivity contribution is 7.89. The highest BCUT2D eigenvalue weighted by Gasteiger charge is 2.30. The second-order valence-electron chi connectivity index (χ2n) is 8.25. The lowest BCUT2D eigenvalue weighted by Gasteiger charge is -2.30. The van der Waals surface area contributed by atoms with Gasteiger partial charge in [0.1, 0.15) is 11.6 Å². The van der Waals surface area contributed by atoms with E-state index in [1.54, 1.807) is 13.8 Å². The van der Waals surface area contributed by atoms with Gasteiger partial charge < -0.3 is 10.1 Å². The first kappa shape index (κ1) is 24.8. The molecule has 10 heteroatoms. The Kier molecular flexibility index (Phi) is 7.48. The quantitative estimate of drug-likeness (QED) is 0.635. The van der Waals surface area contributed by atoms with Crippen molar-refractivity contribution in [1.82, 2.24) is 4.31 Å². The van der Waals surface area contributed by atoms with E-state index in [0.717, 1.165) is 25.0 Å². The lowest BCUT2D eigenvalue weighted by molar-refractivity contribution is -0.119. The summed E-state index contributed by atoms with van der Waals surface area (Å²) < 4.78 is 59.5. The molecule has 0 atom stereocenters. The molecule has 1 saturated heterocycles. The van der Waals surface area contributed by atoms with Gasteiger partial charge >= 0.3 is 5.97 Å². The Bertz CT molecular complexity index is 1180. The number of piperidine rings is 1. The van der Waals surface area contributed by atoms with Crippen molar-refractivity contribution in [1.29, 1.82) is 0 Å². The van der Waals surface area contributed by atoms with Crippen molar-refractivity contribution in [3.05, 3.63) is 58.7 Å². The van der Waals surface area contributed by atoms with Gasteiger partial charge in [-0.15, -0.1) is 0 Å². The number of esters is 1. The summed E-state index contributed by atoms with van der Waals surface area (Å²) in [6.07, 6.45) is 1.53. The van der Waals surface area contributed by atoms with Gasteiger partial charge in [-0.1, -0.05) is 6.92 Å². The van der Waals surface area contributed by atoms with Crippen LogP contribution in [0.2, 0.25) is 0 Å². The van der Waals surface area contributed by atoms with Crippen LogP contribution in [0.15, 0.2) is 35.2 Å². The number of rotatable bonds is 6. The summed E-state index contributed by atoms with van der Waals surface area (Å²) in [4.78, 5) is 24.6. The molecular weight excluding hydrogens is 454 g/mol. The molecule has 7 nitrogen and oxygen atoms in total. The number of ether oxygens (including phenoxy) is 1. The van der Waals surface area contributed by atoms with Crippen LogP contribution < -0.4 is 5.32 Å². The average molecular weight is 481 g/mol. The molecule has 33 heavy (non-hydrogen) atoms. The number of aryl methyl sites for hydroxylation is 1. The minimum absolute atomic E-state index is 0.0113. The molecule has 1 aliphatic rings. The molecule has 0 bridgehead atoms. The van der Waals surface area contributed by atoms with Crippen LogP contribution in [0.1, 0.15) is 41.3 Å². The first-order chi connectivity index (χ1) is 15.5. The Morgan fingerprint density at radius 3 is 2.42 bits per heavy atom. The summed E-state index contributed by atoms with van der Waals surface area (Å²) in [7, 11) is -3.80. The van der Waals surface area contributed by atoms with Crippen molar-refractivity contribution in [3.8, 4) is 0 Å². The summed E-state index contributed by atoms with van der Waals surface area (Å²) in [5.41, 5.74) is 0.858. The van der Waals surface area contributed by atoms with E-state index >= 15 is 0 Å². The minimum Gasteiger partial charge on any atom is -0.452 e. The first-order valence-electron chi connectivity index (χ1n) is 10.5. The predicted octanol–water partition coefficient (Wildman–Crippen LogP) is 3.80. The molecule has 3 rings (SSSR count). The van der Waals surface area contributed by atoms with Crippen LogP contribution in [-0.4, -0.2) is 44.3 Å². The number of hydrogen-bond donors (Lipinski definition) is 1. The first-order valence-corrected chi connectivity index (χ1v) is 12.0. The third-order valence-corrected chi connectivity index (χ3v) is 7.78. The van der Waals surface area contributed by atoms with Gasteiger partial charge in [0.15, 0.2) is 6.61 Å². The van der Waals surface area contributed by atoms with Crippen LogP contribution in [0.4, 0.5) is 14.5 Å². The van der Waals surface area contributed by atoms with Crippen LogP contribution in [0, 0.1) is 31.4 Å². The number of nitrogens with zero attached hydrogens (tertiary/aromatic N) is 1. The summed E-state index contributed by atoms with van der Waals surface area (Å²) in [5.74, 6) is -3.03. The van der Waals surface area contributed by atoms with Crippen molar-refractivity contribution in [3.63, 3.8) is 0 Å². The van der Waals surface area contributed by atoms with Gasteiger partial charge in [-0.25, -0.2) is 22.0 Å². The lowest BCUT2D eigenvalue weighted by Crippen LogP contribution is -2.38. The van der Waals surface area contributed by atoms with E-state index in [1.165, 1.54) is 16.4 Å². The zero-order valence-corrected chi connectivity index (χ0v) is 19.5. The molecule has 2 aromatic carbocycles. The Morgan fingerprint density at radius 2 is 1.79 bits per heavy atom. The number of halogens is 2. The van der Waals surface area contributed by atoms with Gasteiger partial charge in [-0.2, -0.15) is 4.31 Å². The standard InChI is InChI=1S/C23H26F2N2O5S/c1-14-6-8-27(9-7-14)33(30,31)21-11-17(10-15(2)16(21)3)23(29)32-13-22(28)26-20-5-4-18(24)12-19(20)25/h4-5,10-12,14H,6-9,13H2,1-3H3,(H,26,28). The smallest absolute Gasteiger partial charge is 0.338 e. The second-order valence-corrected chi connectivity index (χ2v) is 10.2. The molecule has 2 aromatic rings. The Labute approximate surface area is 191 Å². The van der Waals surface area contributed by atoms with Crippen molar-refractivity contribution in [2.45, 2.75) is 38.5 Å². The van der Waals surface area contributed by atoms with Crippen molar-refractivity contribution >= 4 is 27.6 Å². The van der Waals surface area contributed by atoms with Crippen LogP contribution >= 0.6 is 0 Å². The van der Waals surface area contributed by atoms with E-state index < -0.39 is 40.1 Å². The van der Waals surface area contributed by atoms with Crippen molar-refractivity contribution < 1.29 is 31.5 Å². The molecule has 1 fully saturated rings. The highest BCUT2D eigenvalue weighted by Crippen LogP contribution is 2.28. The average Bonchev–Trinajstić information content (AvgIpc) is 2.76. The molecule has 0 aromatic heterocycles. The summed E-state index contributed by atoms with van der Waals surface area (Å²) >= 11 is 0. The van der Waals surface area contributed by atoms with E-state index in [9.17, 15) is 26.8 Å². The molecule has 0 spiro atoms. The van der Waals surface area contributed by atoms with Gasteiger partial charge in [-0.05, 0) is 68.0 Å². The molecule has 0 radical (unpaired) electrons. The van der Waals surface area contributed by atoms with Crippen LogP contribution in [0.5, 0.6) is 0 Å². The molecule has 1 heterocycles. The molecule has 1 aliphatic heterocycles.